The number of nitro groups is 1. The van der Waals surface area contributed by atoms with Crippen molar-refractivity contribution >= 4 is 29.4 Å². The van der Waals surface area contributed by atoms with Crippen molar-refractivity contribution in [2.24, 2.45) is 5.10 Å². The number of amides is 1. The van der Waals surface area contributed by atoms with Gasteiger partial charge in [-0.05, 0) is 24.6 Å². The summed E-state index contributed by atoms with van der Waals surface area (Å²) in [6, 6.07) is 11.4. The van der Waals surface area contributed by atoms with E-state index in [1.165, 1.54) is 18.3 Å². The molecule has 0 heterocycles. The zero-order valence-electron chi connectivity index (χ0n) is 11.6. The summed E-state index contributed by atoms with van der Waals surface area (Å²) in [5.41, 5.74) is 4.05. The van der Waals surface area contributed by atoms with Gasteiger partial charge < -0.3 is 0 Å². The lowest BCUT2D eigenvalue weighted by atomic mass is 10.2. The first-order valence-corrected chi connectivity index (χ1v) is 6.69. The second-order valence-corrected chi connectivity index (χ2v) is 4.94. The Kier molecular flexibility index (Phi) is 4.85. The molecule has 0 atom stereocenters. The number of rotatable bonds is 4. The van der Waals surface area contributed by atoms with Crippen LogP contribution in [0.2, 0.25) is 5.02 Å². The molecule has 112 valence electrons. The van der Waals surface area contributed by atoms with Gasteiger partial charge in [0, 0.05) is 11.6 Å². The van der Waals surface area contributed by atoms with Crippen LogP contribution in [0.1, 0.15) is 21.5 Å². The zero-order chi connectivity index (χ0) is 16.1. The van der Waals surface area contributed by atoms with Gasteiger partial charge in [0.1, 0.15) is 5.02 Å². The molecule has 0 saturated heterocycles. The molecular formula is C15H12ClN3O3. The first-order chi connectivity index (χ1) is 10.5. The van der Waals surface area contributed by atoms with Crippen molar-refractivity contribution in [2.75, 3.05) is 0 Å². The molecule has 7 heteroatoms. The number of nitrogens with one attached hydrogen (secondary N) is 1. The van der Waals surface area contributed by atoms with Gasteiger partial charge in [0.15, 0.2) is 0 Å². The summed E-state index contributed by atoms with van der Waals surface area (Å²) in [7, 11) is 0. The van der Waals surface area contributed by atoms with Gasteiger partial charge in [0.25, 0.3) is 11.6 Å². The van der Waals surface area contributed by atoms with E-state index in [2.05, 4.69) is 10.5 Å². The average Bonchev–Trinajstić information content (AvgIpc) is 2.49. The topological polar surface area (TPSA) is 84.6 Å². The lowest BCUT2D eigenvalue weighted by Crippen LogP contribution is -2.17. The molecule has 0 aliphatic carbocycles. The number of carbonyl (C=O) groups excluding carboxylic acids is 1. The molecule has 22 heavy (non-hydrogen) atoms. The Morgan fingerprint density at radius 2 is 1.95 bits per heavy atom. The third-order valence-electron chi connectivity index (χ3n) is 2.86. The third-order valence-corrected chi connectivity index (χ3v) is 3.18. The van der Waals surface area contributed by atoms with Gasteiger partial charge in [-0.3, -0.25) is 14.9 Å². The van der Waals surface area contributed by atoms with E-state index >= 15 is 0 Å². The average molecular weight is 318 g/mol. The van der Waals surface area contributed by atoms with Crippen molar-refractivity contribution in [3.05, 3.63) is 74.3 Å². The Morgan fingerprint density at radius 1 is 1.27 bits per heavy atom. The molecule has 0 saturated carbocycles. The van der Waals surface area contributed by atoms with E-state index in [1.807, 2.05) is 31.2 Å². The highest BCUT2D eigenvalue weighted by Crippen LogP contribution is 2.24. The number of carbonyl (C=O) groups is 1. The first kappa shape index (κ1) is 15.7. The summed E-state index contributed by atoms with van der Waals surface area (Å²) in [6.45, 7) is 1.97. The third kappa shape index (κ3) is 3.89. The highest BCUT2D eigenvalue weighted by molar-refractivity contribution is 6.32. The smallest absolute Gasteiger partial charge is 0.267 e. The number of hydrogen-bond acceptors (Lipinski definition) is 4. The van der Waals surface area contributed by atoms with Crippen molar-refractivity contribution in [1.29, 1.82) is 0 Å². The number of hydrogen-bond donors (Lipinski definition) is 1. The Bertz CT molecular complexity index is 742. The number of nitrogens with zero attached hydrogens (tertiary/aromatic N) is 2. The summed E-state index contributed by atoms with van der Waals surface area (Å²) in [5, 5.41) is 14.6. The van der Waals surface area contributed by atoms with Crippen LogP contribution in [0.5, 0.6) is 0 Å². The SMILES string of the molecule is Cc1ccc(C=NNC(=O)c2ccc(Cl)c([N+](=O)[O-])c2)cc1. The fourth-order valence-corrected chi connectivity index (χ4v) is 1.86. The summed E-state index contributed by atoms with van der Waals surface area (Å²) >= 11 is 5.69. The largest absolute Gasteiger partial charge is 0.288 e. The zero-order valence-corrected chi connectivity index (χ0v) is 12.4. The molecule has 0 aromatic heterocycles. The minimum absolute atomic E-state index is 0.0234. The molecule has 0 aliphatic heterocycles. The first-order valence-electron chi connectivity index (χ1n) is 6.31. The molecule has 0 fully saturated rings. The van der Waals surface area contributed by atoms with Crippen LogP contribution < -0.4 is 5.43 Å². The number of hydrazone groups is 1. The van der Waals surface area contributed by atoms with E-state index in [-0.39, 0.29) is 16.3 Å². The van der Waals surface area contributed by atoms with Gasteiger partial charge in [-0.15, -0.1) is 0 Å². The molecule has 0 aliphatic rings. The van der Waals surface area contributed by atoms with E-state index in [9.17, 15) is 14.9 Å². The Labute approximate surface area is 131 Å². The highest BCUT2D eigenvalue weighted by Gasteiger charge is 2.15. The van der Waals surface area contributed by atoms with Crippen molar-refractivity contribution < 1.29 is 9.72 Å². The summed E-state index contributed by atoms with van der Waals surface area (Å²) < 4.78 is 0. The Balaban J connectivity index is 2.08. The fraction of sp³-hybridized carbons (Fsp3) is 0.0667. The molecule has 2 aromatic rings. The molecule has 1 N–H and O–H groups in total. The number of halogens is 1. The highest BCUT2D eigenvalue weighted by atomic mass is 35.5. The molecule has 1 amide bonds. The second kappa shape index (κ2) is 6.82. The molecule has 2 rings (SSSR count). The molecule has 0 radical (unpaired) electrons. The van der Waals surface area contributed by atoms with E-state index in [4.69, 9.17) is 11.6 Å². The van der Waals surface area contributed by atoms with Gasteiger partial charge in [-0.25, -0.2) is 5.43 Å². The van der Waals surface area contributed by atoms with E-state index in [0.717, 1.165) is 17.2 Å². The minimum Gasteiger partial charge on any atom is -0.267 e. The lowest BCUT2D eigenvalue weighted by molar-refractivity contribution is -0.384. The van der Waals surface area contributed by atoms with Crippen LogP contribution in [0.15, 0.2) is 47.6 Å². The molecule has 6 nitrogen and oxygen atoms in total. The quantitative estimate of drug-likeness (QED) is 0.533. The molecule has 0 unspecified atom stereocenters. The standard InChI is InChI=1S/C15H12ClN3O3/c1-10-2-4-11(5-3-10)9-17-18-15(20)12-6-7-13(16)14(8-12)19(21)22/h2-9H,1H3,(H,18,20). The van der Waals surface area contributed by atoms with Gasteiger partial charge in [0.05, 0.1) is 11.1 Å². The maximum Gasteiger partial charge on any atom is 0.288 e. The number of aryl methyl sites for hydroxylation is 1. The number of nitro benzene ring substituents is 1. The van der Waals surface area contributed by atoms with Gasteiger partial charge in [-0.2, -0.15) is 5.10 Å². The maximum atomic E-state index is 11.9. The normalized spacial score (nSPS) is 10.6. The Morgan fingerprint density at radius 3 is 2.59 bits per heavy atom. The maximum absolute atomic E-state index is 11.9. The van der Waals surface area contributed by atoms with E-state index < -0.39 is 10.8 Å². The second-order valence-electron chi connectivity index (χ2n) is 4.53. The van der Waals surface area contributed by atoms with E-state index in [0.29, 0.717) is 0 Å². The van der Waals surface area contributed by atoms with Crippen LogP contribution in [0.3, 0.4) is 0 Å². The van der Waals surface area contributed by atoms with Gasteiger partial charge in [-0.1, -0.05) is 41.4 Å². The summed E-state index contributed by atoms with van der Waals surface area (Å²) in [6.07, 6.45) is 1.49. The summed E-state index contributed by atoms with van der Waals surface area (Å²) in [4.78, 5) is 22.0. The van der Waals surface area contributed by atoms with Crippen molar-refractivity contribution in [1.82, 2.24) is 5.43 Å². The predicted octanol–water partition coefficient (Wildman–Crippen LogP) is 3.32. The van der Waals surface area contributed by atoms with Crippen molar-refractivity contribution in [3.63, 3.8) is 0 Å². The fourth-order valence-electron chi connectivity index (χ4n) is 1.68. The molecular weight excluding hydrogens is 306 g/mol. The van der Waals surface area contributed by atoms with Crippen molar-refractivity contribution in [2.45, 2.75) is 6.92 Å². The number of benzene rings is 2. The van der Waals surface area contributed by atoms with Gasteiger partial charge in [0.2, 0.25) is 0 Å². The van der Waals surface area contributed by atoms with Crippen molar-refractivity contribution in [3.8, 4) is 0 Å². The Hall–Kier alpha value is -2.73. The van der Waals surface area contributed by atoms with Crippen LogP contribution in [-0.4, -0.2) is 17.0 Å². The van der Waals surface area contributed by atoms with Crippen LogP contribution in [0.25, 0.3) is 0 Å². The summed E-state index contributed by atoms with van der Waals surface area (Å²) in [5.74, 6) is -0.553. The molecule has 0 spiro atoms. The van der Waals surface area contributed by atoms with Crippen LogP contribution in [0, 0.1) is 17.0 Å². The lowest BCUT2D eigenvalue weighted by Gasteiger charge is -2.01. The monoisotopic (exact) mass is 317 g/mol. The minimum atomic E-state index is -0.644. The van der Waals surface area contributed by atoms with Gasteiger partial charge >= 0.3 is 0 Å². The van der Waals surface area contributed by atoms with E-state index in [1.54, 1.807) is 0 Å². The molecule has 2 aromatic carbocycles. The predicted molar refractivity (Wildman–Crippen MR) is 84.3 cm³/mol. The molecule has 0 bridgehead atoms. The van der Waals surface area contributed by atoms with Crippen LogP contribution in [0.4, 0.5) is 5.69 Å². The van der Waals surface area contributed by atoms with Crippen LogP contribution in [-0.2, 0) is 0 Å². The van der Waals surface area contributed by atoms with Crippen LogP contribution >= 0.6 is 11.6 Å².